The average Bonchev–Trinajstić information content (AvgIpc) is 2.63. The maximum atomic E-state index is 14.2. The van der Waals surface area contributed by atoms with Gasteiger partial charge in [-0.2, -0.15) is 0 Å². The minimum absolute atomic E-state index is 0.0373. The predicted octanol–water partition coefficient (Wildman–Crippen LogP) is 3.37. The first-order chi connectivity index (χ1) is 12.3. The molecule has 0 aromatic heterocycles. The second-order valence-electron chi connectivity index (χ2n) is 5.62. The lowest BCUT2D eigenvalue weighted by atomic mass is 10.1. The van der Waals surface area contributed by atoms with Crippen LogP contribution in [0.2, 0.25) is 5.02 Å². The van der Waals surface area contributed by atoms with E-state index in [9.17, 15) is 19.1 Å². The predicted molar refractivity (Wildman–Crippen MR) is 93.8 cm³/mol. The molecule has 0 saturated carbocycles. The summed E-state index contributed by atoms with van der Waals surface area (Å²) in [4.78, 5) is 25.6. The van der Waals surface area contributed by atoms with Gasteiger partial charge in [-0.1, -0.05) is 11.6 Å². The zero-order valence-corrected chi connectivity index (χ0v) is 14.7. The quantitative estimate of drug-likeness (QED) is 0.799. The number of amides is 2. The number of aromatic hydroxyl groups is 1. The molecule has 1 aliphatic heterocycles. The molecule has 26 heavy (non-hydrogen) atoms. The van der Waals surface area contributed by atoms with E-state index in [0.29, 0.717) is 11.4 Å². The van der Waals surface area contributed by atoms with Crippen LogP contribution in [0.15, 0.2) is 30.3 Å². The molecule has 0 unspecified atom stereocenters. The number of esters is 1. The maximum Gasteiger partial charge on any atom is 0.343 e. The molecule has 0 atom stereocenters. The lowest BCUT2D eigenvalue weighted by Gasteiger charge is -2.36. The first-order valence-electron chi connectivity index (χ1n) is 7.53. The van der Waals surface area contributed by atoms with Crippen LogP contribution in [0.3, 0.4) is 0 Å². The number of phenolic OH excluding ortho intramolecular Hbond substituents is 1. The Morgan fingerprint density at radius 1 is 1.35 bits per heavy atom. The van der Waals surface area contributed by atoms with Crippen LogP contribution >= 0.6 is 11.6 Å². The van der Waals surface area contributed by atoms with Crippen molar-refractivity contribution in [3.63, 3.8) is 0 Å². The van der Waals surface area contributed by atoms with Crippen molar-refractivity contribution < 1.29 is 23.8 Å². The molecule has 0 aliphatic carbocycles. The molecule has 2 aromatic carbocycles. The molecule has 2 N–H and O–H groups in total. The summed E-state index contributed by atoms with van der Waals surface area (Å²) in [6.45, 7) is -0.235. The first kappa shape index (κ1) is 17.8. The molecule has 1 aliphatic rings. The average molecular weight is 380 g/mol. The van der Waals surface area contributed by atoms with E-state index in [1.54, 1.807) is 12.1 Å². The molecule has 7 nitrogen and oxygen atoms in total. The van der Waals surface area contributed by atoms with Gasteiger partial charge >= 0.3 is 12.0 Å². The number of phenols is 1. The number of halogens is 2. The van der Waals surface area contributed by atoms with Crippen LogP contribution in [0.1, 0.15) is 15.9 Å². The van der Waals surface area contributed by atoms with Gasteiger partial charge in [-0.05, 0) is 30.3 Å². The van der Waals surface area contributed by atoms with Crippen molar-refractivity contribution in [1.29, 1.82) is 0 Å². The number of nitrogens with one attached hydrogen (secondary N) is 1. The highest BCUT2D eigenvalue weighted by Crippen LogP contribution is 2.36. The van der Waals surface area contributed by atoms with Crippen LogP contribution in [0.5, 0.6) is 5.75 Å². The van der Waals surface area contributed by atoms with Crippen molar-refractivity contribution in [1.82, 2.24) is 5.01 Å². The van der Waals surface area contributed by atoms with Gasteiger partial charge in [0.25, 0.3) is 0 Å². The van der Waals surface area contributed by atoms with Gasteiger partial charge in [0.05, 0.1) is 35.6 Å². The standard InChI is InChI=1S/C17H15ClFN3O4/c1-21-17(25)22(8-10-11(19)4-6-14(23)15(10)18)13-7-9(16(24)26-2)3-5-12(13)20-21/h3-7,20,23H,8H2,1-2H3. The molecule has 136 valence electrons. The van der Waals surface area contributed by atoms with Crippen molar-refractivity contribution in [3.8, 4) is 5.75 Å². The number of urea groups is 1. The zero-order valence-electron chi connectivity index (χ0n) is 13.9. The highest BCUT2D eigenvalue weighted by Gasteiger charge is 2.30. The Balaban J connectivity index is 2.09. The Hall–Kier alpha value is -3.00. The summed E-state index contributed by atoms with van der Waals surface area (Å²) in [5, 5.41) is 10.8. The smallest absolute Gasteiger partial charge is 0.343 e. The van der Waals surface area contributed by atoms with Crippen LogP contribution in [0.4, 0.5) is 20.6 Å². The zero-order chi connectivity index (χ0) is 19.0. The van der Waals surface area contributed by atoms with Crippen molar-refractivity contribution in [2.75, 3.05) is 24.5 Å². The number of fused-ring (bicyclic) bond motifs is 1. The molecule has 9 heteroatoms. The number of ether oxygens (including phenoxy) is 1. The Morgan fingerprint density at radius 3 is 2.77 bits per heavy atom. The number of benzene rings is 2. The second kappa shape index (κ2) is 6.72. The minimum atomic E-state index is -0.660. The third-order valence-electron chi connectivity index (χ3n) is 4.00. The normalized spacial score (nSPS) is 13.3. The highest BCUT2D eigenvalue weighted by atomic mass is 35.5. The molecule has 2 aromatic rings. The van der Waals surface area contributed by atoms with Crippen LogP contribution < -0.4 is 10.3 Å². The van der Waals surface area contributed by atoms with E-state index in [2.05, 4.69) is 5.43 Å². The van der Waals surface area contributed by atoms with E-state index in [1.807, 2.05) is 0 Å². The summed E-state index contributed by atoms with van der Waals surface area (Å²) < 4.78 is 18.9. The van der Waals surface area contributed by atoms with Gasteiger partial charge in [0.15, 0.2) is 0 Å². The number of hydrogen-bond donors (Lipinski definition) is 2. The fraction of sp³-hybridized carbons (Fsp3) is 0.176. The lowest BCUT2D eigenvalue weighted by Crippen LogP contribution is -2.48. The third kappa shape index (κ3) is 2.99. The van der Waals surface area contributed by atoms with Crippen molar-refractivity contribution in [3.05, 3.63) is 52.3 Å². The number of carbonyl (C=O) groups excluding carboxylic acids is 2. The highest BCUT2D eigenvalue weighted by molar-refractivity contribution is 6.32. The Kier molecular flexibility index (Phi) is 4.60. The third-order valence-corrected chi connectivity index (χ3v) is 4.42. The van der Waals surface area contributed by atoms with Gasteiger partial charge < -0.3 is 9.84 Å². The van der Waals surface area contributed by atoms with Crippen LogP contribution in [-0.4, -0.2) is 36.3 Å². The summed E-state index contributed by atoms with van der Waals surface area (Å²) in [5.74, 6) is -1.52. The molecule has 0 bridgehead atoms. The molecule has 0 saturated heterocycles. The van der Waals surface area contributed by atoms with Crippen molar-refractivity contribution in [2.45, 2.75) is 6.54 Å². The second-order valence-corrected chi connectivity index (χ2v) is 6.00. The molecular formula is C17H15ClFN3O4. The summed E-state index contributed by atoms with van der Waals surface area (Å²) in [6.07, 6.45) is 0. The largest absolute Gasteiger partial charge is 0.506 e. The van der Waals surface area contributed by atoms with Gasteiger partial charge in [-0.15, -0.1) is 0 Å². The van der Waals surface area contributed by atoms with Gasteiger partial charge in [0.1, 0.15) is 11.6 Å². The number of hydrogen-bond acceptors (Lipinski definition) is 5. The first-order valence-corrected chi connectivity index (χ1v) is 7.91. The van der Waals surface area contributed by atoms with E-state index in [0.717, 1.165) is 12.1 Å². The summed E-state index contributed by atoms with van der Waals surface area (Å²) in [7, 11) is 2.76. The number of anilines is 2. The van der Waals surface area contributed by atoms with Crippen LogP contribution in [0, 0.1) is 5.82 Å². The minimum Gasteiger partial charge on any atom is -0.506 e. The van der Waals surface area contributed by atoms with Gasteiger partial charge in [-0.3, -0.25) is 10.3 Å². The van der Waals surface area contributed by atoms with Crippen molar-refractivity contribution >= 4 is 35.0 Å². The molecular weight excluding hydrogens is 365 g/mol. The molecule has 2 amide bonds. The molecule has 0 fully saturated rings. The monoisotopic (exact) mass is 379 g/mol. The van der Waals surface area contributed by atoms with Gasteiger partial charge in [0, 0.05) is 12.6 Å². The Morgan fingerprint density at radius 2 is 2.08 bits per heavy atom. The van der Waals surface area contributed by atoms with Crippen molar-refractivity contribution in [2.24, 2.45) is 0 Å². The van der Waals surface area contributed by atoms with E-state index in [4.69, 9.17) is 16.3 Å². The summed E-state index contributed by atoms with van der Waals surface area (Å²) >= 11 is 6.00. The summed E-state index contributed by atoms with van der Waals surface area (Å²) in [5.41, 5.74) is 3.96. The number of carbonyl (C=O) groups is 2. The van der Waals surface area contributed by atoms with Gasteiger partial charge in [-0.25, -0.2) is 19.0 Å². The number of hydrazine groups is 1. The molecule has 3 rings (SSSR count). The molecule has 1 heterocycles. The Bertz CT molecular complexity index is 906. The Labute approximate surface area is 153 Å². The number of methoxy groups -OCH3 is 1. The number of nitrogens with zero attached hydrogens (tertiary/aromatic N) is 2. The number of rotatable bonds is 3. The van der Waals surface area contributed by atoms with Gasteiger partial charge in [0.2, 0.25) is 0 Å². The SMILES string of the molecule is COC(=O)c1ccc2c(c1)N(Cc1c(F)ccc(O)c1Cl)C(=O)N(C)N2. The fourth-order valence-corrected chi connectivity index (χ4v) is 2.86. The maximum absolute atomic E-state index is 14.2. The summed E-state index contributed by atoms with van der Waals surface area (Å²) in [6, 6.07) is 6.33. The fourth-order valence-electron chi connectivity index (χ4n) is 2.65. The van der Waals surface area contributed by atoms with Crippen LogP contribution in [-0.2, 0) is 11.3 Å². The van der Waals surface area contributed by atoms with E-state index in [-0.39, 0.29) is 28.4 Å². The van der Waals surface area contributed by atoms with E-state index in [1.165, 1.54) is 30.1 Å². The van der Waals surface area contributed by atoms with Crippen LogP contribution in [0.25, 0.3) is 0 Å². The van der Waals surface area contributed by atoms with E-state index < -0.39 is 17.8 Å². The molecule has 0 spiro atoms. The van der Waals surface area contributed by atoms with E-state index >= 15 is 0 Å². The lowest BCUT2D eigenvalue weighted by molar-refractivity contribution is 0.0600. The topological polar surface area (TPSA) is 82.1 Å². The molecule has 0 radical (unpaired) electrons.